The minimum atomic E-state index is -4.55. The second-order valence-electron chi connectivity index (χ2n) is 12.1. The number of hydrazine groups is 1. The molecule has 1 aliphatic rings. The summed E-state index contributed by atoms with van der Waals surface area (Å²) in [4.78, 5) is 42.1. The van der Waals surface area contributed by atoms with Crippen molar-refractivity contribution in [2.75, 3.05) is 12.0 Å². The third-order valence-electron chi connectivity index (χ3n) is 7.56. The fourth-order valence-corrected chi connectivity index (χ4v) is 5.56. The van der Waals surface area contributed by atoms with Gasteiger partial charge in [-0.25, -0.2) is 9.80 Å². The number of anilines is 1. The van der Waals surface area contributed by atoms with Crippen LogP contribution in [0, 0.1) is 5.41 Å². The Morgan fingerprint density at radius 1 is 0.955 bits per heavy atom. The summed E-state index contributed by atoms with van der Waals surface area (Å²) < 4.78 is 45.6. The minimum Gasteiger partial charge on any atom is -0.497 e. The second kappa shape index (κ2) is 13.0. The van der Waals surface area contributed by atoms with E-state index in [0.29, 0.717) is 17.0 Å². The van der Waals surface area contributed by atoms with Crippen molar-refractivity contribution in [3.8, 4) is 5.75 Å². The van der Waals surface area contributed by atoms with Gasteiger partial charge >= 0.3 is 12.2 Å². The molecule has 1 saturated heterocycles. The van der Waals surface area contributed by atoms with E-state index in [0.717, 1.165) is 17.7 Å². The molecule has 234 valence electrons. The molecule has 1 heterocycles. The number of halogens is 3. The summed E-state index contributed by atoms with van der Waals surface area (Å²) >= 11 is 0. The number of carbonyl (C=O) groups excluding carboxylic acids is 3. The summed E-state index contributed by atoms with van der Waals surface area (Å²) in [6.45, 7) is 5.61. The van der Waals surface area contributed by atoms with Gasteiger partial charge in [0, 0.05) is 12.5 Å². The van der Waals surface area contributed by atoms with Crippen molar-refractivity contribution < 1.29 is 32.3 Å². The van der Waals surface area contributed by atoms with Crippen molar-refractivity contribution in [3.63, 3.8) is 0 Å². The molecular weight excluding hydrogens is 573 g/mol. The number of nitrogens with one attached hydrogen (secondary N) is 1. The van der Waals surface area contributed by atoms with Crippen molar-refractivity contribution >= 4 is 23.5 Å². The van der Waals surface area contributed by atoms with Crippen LogP contribution in [-0.2, 0) is 15.8 Å². The monoisotopic (exact) mass is 610 g/mol. The summed E-state index contributed by atoms with van der Waals surface area (Å²) in [5.74, 6) is -0.995. The second-order valence-corrected chi connectivity index (χ2v) is 12.1. The number of nitrogens with zero attached hydrogens (tertiary/aromatic N) is 2. The molecule has 0 saturated carbocycles. The molecule has 3 atom stereocenters. The van der Waals surface area contributed by atoms with Crippen LogP contribution in [0.5, 0.6) is 5.75 Å². The van der Waals surface area contributed by atoms with Crippen LogP contribution in [-0.4, -0.2) is 36.0 Å². The van der Waals surface area contributed by atoms with Gasteiger partial charge in [0.05, 0.1) is 24.4 Å². The van der Waals surface area contributed by atoms with Crippen molar-refractivity contribution in [1.29, 1.82) is 0 Å². The molecule has 0 radical (unpaired) electrons. The van der Waals surface area contributed by atoms with E-state index < -0.39 is 47.1 Å². The molecule has 1 aliphatic heterocycles. The Morgan fingerprint density at radius 2 is 1.61 bits per heavy atom. The number of amides is 4. The molecule has 11 heteroatoms. The highest BCUT2D eigenvalue weighted by Gasteiger charge is 2.44. The van der Waals surface area contributed by atoms with Crippen molar-refractivity contribution in [3.05, 3.63) is 95.6 Å². The summed E-state index contributed by atoms with van der Waals surface area (Å²) in [5.41, 5.74) is 8.97. The Labute approximate surface area is 254 Å². The van der Waals surface area contributed by atoms with Crippen molar-refractivity contribution in [2.24, 2.45) is 11.1 Å². The first-order chi connectivity index (χ1) is 20.7. The molecule has 3 N–H and O–H groups in total. The lowest BCUT2D eigenvalue weighted by atomic mass is 9.86. The quantitative estimate of drug-likeness (QED) is 0.315. The summed E-state index contributed by atoms with van der Waals surface area (Å²) in [5, 5.41) is 1.17. The molecule has 3 aromatic rings. The fraction of sp³-hybridized carbons (Fsp3) is 0.364. The number of hydrogen-bond acceptors (Lipinski definition) is 4. The molecule has 0 aliphatic carbocycles. The van der Waals surface area contributed by atoms with E-state index in [1.54, 1.807) is 24.3 Å². The van der Waals surface area contributed by atoms with Crippen LogP contribution in [0.15, 0.2) is 78.9 Å². The topological polar surface area (TPSA) is 105 Å². The largest absolute Gasteiger partial charge is 0.497 e. The van der Waals surface area contributed by atoms with E-state index in [1.807, 2.05) is 51.1 Å². The molecule has 44 heavy (non-hydrogen) atoms. The maximum Gasteiger partial charge on any atom is 0.416 e. The molecule has 4 rings (SSSR count). The predicted octanol–water partition coefficient (Wildman–Crippen LogP) is 6.58. The van der Waals surface area contributed by atoms with Gasteiger partial charge in [0.25, 0.3) is 5.91 Å². The fourth-order valence-electron chi connectivity index (χ4n) is 5.56. The number of urea groups is 1. The Bertz CT molecular complexity index is 1470. The van der Waals surface area contributed by atoms with Crippen LogP contribution in [0.1, 0.15) is 68.7 Å². The Balaban J connectivity index is 1.88. The van der Waals surface area contributed by atoms with Gasteiger partial charge in [-0.15, -0.1) is 0 Å². The third-order valence-corrected chi connectivity index (χ3v) is 7.56. The zero-order valence-corrected chi connectivity index (χ0v) is 25.1. The highest BCUT2D eigenvalue weighted by Crippen LogP contribution is 2.41. The van der Waals surface area contributed by atoms with E-state index in [9.17, 15) is 27.6 Å². The molecule has 4 amide bonds. The summed E-state index contributed by atoms with van der Waals surface area (Å²) in [6, 6.07) is 17.5. The average Bonchev–Trinajstić information content (AvgIpc) is 3.09. The number of methoxy groups -OCH3 is 1. The first-order valence-corrected chi connectivity index (χ1v) is 14.3. The van der Waals surface area contributed by atoms with E-state index >= 15 is 0 Å². The van der Waals surface area contributed by atoms with E-state index in [1.165, 1.54) is 29.2 Å². The van der Waals surface area contributed by atoms with E-state index in [-0.39, 0.29) is 25.2 Å². The Hall–Kier alpha value is -4.54. The SMILES string of the molecule is COc1cccc(N(C(N)=O)C2CC(c3ccccc3)CC(c3ccc(C(F)(F)F)cc3)N(NC(=O)CC(C)(C)C)C2=O)c1. The van der Waals surface area contributed by atoms with Gasteiger partial charge in [0.2, 0.25) is 5.91 Å². The van der Waals surface area contributed by atoms with Gasteiger partial charge in [0.15, 0.2) is 0 Å². The number of alkyl halides is 3. The van der Waals surface area contributed by atoms with Gasteiger partial charge in [0.1, 0.15) is 11.8 Å². The number of hydrogen-bond donors (Lipinski definition) is 2. The molecule has 3 unspecified atom stereocenters. The van der Waals surface area contributed by atoms with Crippen LogP contribution >= 0.6 is 0 Å². The normalized spacial score (nSPS) is 19.2. The maximum atomic E-state index is 14.6. The zero-order valence-electron chi connectivity index (χ0n) is 25.1. The molecule has 8 nitrogen and oxygen atoms in total. The van der Waals surface area contributed by atoms with E-state index in [2.05, 4.69) is 5.43 Å². The number of nitrogens with two attached hydrogens (primary N) is 1. The lowest BCUT2D eigenvalue weighted by Gasteiger charge is -2.35. The lowest BCUT2D eigenvalue weighted by molar-refractivity contribution is -0.145. The Morgan fingerprint density at radius 3 is 2.18 bits per heavy atom. The van der Waals surface area contributed by atoms with Gasteiger partial charge in [-0.3, -0.25) is 19.9 Å². The highest BCUT2D eigenvalue weighted by molar-refractivity contribution is 6.00. The smallest absolute Gasteiger partial charge is 0.416 e. The Kier molecular flexibility index (Phi) is 9.56. The van der Waals surface area contributed by atoms with Crippen molar-refractivity contribution in [1.82, 2.24) is 10.4 Å². The number of benzene rings is 3. The number of primary amides is 1. The third kappa shape index (κ3) is 7.69. The van der Waals surface area contributed by atoms with Gasteiger partial charge < -0.3 is 10.5 Å². The maximum absolute atomic E-state index is 14.6. The highest BCUT2D eigenvalue weighted by atomic mass is 19.4. The lowest BCUT2D eigenvalue weighted by Crippen LogP contribution is -2.57. The predicted molar refractivity (Wildman–Crippen MR) is 161 cm³/mol. The van der Waals surface area contributed by atoms with Gasteiger partial charge in [-0.05, 0) is 59.6 Å². The zero-order chi connectivity index (χ0) is 32.2. The first kappa shape index (κ1) is 32.4. The molecule has 3 aromatic carbocycles. The van der Waals surface area contributed by atoms with Crippen LogP contribution in [0.3, 0.4) is 0 Å². The standard InChI is InChI=1S/C33H37F3N4O4/c1-32(2,3)20-29(41)38-40-27(22-13-15-24(16-14-22)33(34,35)36)17-23(21-9-6-5-7-10-21)18-28(30(40)42)39(31(37)43)25-11-8-12-26(19-25)44-4/h5-16,19,23,27-28H,17-18,20H2,1-4H3,(H2,37,43)(H,38,41). The average molecular weight is 611 g/mol. The van der Waals surface area contributed by atoms with Crippen LogP contribution in [0.25, 0.3) is 0 Å². The summed E-state index contributed by atoms with van der Waals surface area (Å²) in [7, 11) is 1.47. The number of carbonyl (C=O) groups is 3. The van der Waals surface area contributed by atoms with Crippen LogP contribution in [0.2, 0.25) is 0 Å². The minimum absolute atomic E-state index is 0.0682. The summed E-state index contributed by atoms with van der Waals surface area (Å²) in [6.07, 6.45) is -4.10. The van der Waals surface area contributed by atoms with Gasteiger partial charge in [-0.2, -0.15) is 13.2 Å². The van der Waals surface area contributed by atoms with Gasteiger partial charge in [-0.1, -0.05) is 69.3 Å². The molecule has 0 bridgehead atoms. The van der Waals surface area contributed by atoms with E-state index in [4.69, 9.17) is 10.5 Å². The first-order valence-electron chi connectivity index (χ1n) is 14.3. The molecule has 1 fully saturated rings. The van der Waals surface area contributed by atoms with Crippen molar-refractivity contribution in [2.45, 2.75) is 64.2 Å². The number of rotatable bonds is 7. The molecule has 0 aromatic heterocycles. The van der Waals surface area contributed by atoms with Crippen LogP contribution in [0.4, 0.5) is 23.7 Å². The number of ether oxygens (including phenoxy) is 1. The van der Waals surface area contributed by atoms with Crippen LogP contribution < -0.4 is 20.8 Å². The molecule has 0 spiro atoms. The molecular formula is C33H37F3N4O4.